The smallest absolute Gasteiger partial charge is 0.228 e. The molecule has 7 heteroatoms. The van der Waals surface area contributed by atoms with Crippen LogP contribution in [0.5, 0.6) is 0 Å². The van der Waals surface area contributed by atoms with Crippen molar-refractivity contribution in [2.75, 3.05) is 25.0 Å². The Morgan fingerprint density at radius 1 is 1.00 bits per heavy atom. The molecule has 2 fully saturated rings. The zero-order valence-corrected chi connectivity index (χ0v) is 16.1. The number of nitrogens with zero attached hydrogens (tertiary/aromatic N) is 5. The number of fused-ring (bicyclic) bond motifs is 1. The van der Waals surface area contributed by atoms with E-state index in [1.165, 1.54) is 51.5 Å². The van der Waals surface area contributed by atoms with E-state index < -0.39 is 0 Å². The Hall–Kier alpha value is -2.02. The number of amides is 1. The molecule has 1 amide bonds. The van der Waals surface area contributed by atoms with E-state index in [0.29, 0.717) is 5.82 Å². The molecule has 0 spiro atoms. The Kier molecular flexibility index (Phi) is 5.97. The summed E-state index contributed by atoms with van der Waals surface area (Å²) in [5.74, 6) is 0.797. The molecule has 1 aliphatic carbocycles. The van der Waals surface area contributed by atoms with Gasteiger partial charge in [0.05, 0.1) is 18.1 Å². The highest BCUT2D eigenvalue weighted by atomic mass is 16.1. The molecule has 0 aromatic carbocycles. The standard InChI is InChI=1S/C20H30N6O/c27-20(16-8-4-3-5-9-16)24-18-17-14-23-26(19(17)22-15-21-18)13-12-25-10-6-1-2-7-11-25/h14-16H,1-13H2,(H,21,22,24,27). The minimum Gasteiger partial charge on any atom is -0.310 e. The molecule has 1 saturated heterocycles. The summed E-state index contributed by atoms with van der Waals surface area (Å²) < 4.78 is 1.94. The third kappa shape index (κ3) is 4.46. The van der Waals surface area contributed by atoms with Crippen LogP contribution >= 0.6 is 0 Å². The number of carbonyl (C=O) groups excluding carboxylic acids is 1. The summed E-state index contributed by atoms with van der Waals surface area (Å²) in [6.07, 6.45) is 14.1. The normalized spacial score (nSPS) is 19.9. The van der Waals surface area contributed by atoms with Crippen molar-refractivity contribution < 1.29 is 4.79 Å². The fourth-order valence-electron chi connectivity index (χ4n) is 4.34. The lowest BCUT2D eigenvalue weighted by molar-refractivity contribution is -0.120. The zero-order valence-electron chi connectivity index (χ0n) is 16.1. The number of hydrogen-bond acceptors (Lipinski definition) is 5. The number of likely N-dealkylation sites (tertiary alicyclic amines) is 1. The van der Waals surface area contributed by atoms with Gasteiger partial charge >= 0.3 is 0 Å². The first-order chi connectivity index (χ1) is 13.3. The Balaban J connectivity index is 1.43. The Morgan fingerprint density at radius 3 is 2.52 bits per heavy atom. The Morgan fingerprint density at radius 2 is 1.74 bits per heavy atom. The van der Waals surface area contributed by atoms with Crippen molar-refractivity contribution in [3.8, 4) is 0 Å². The molecule has 1 N–H and O–H groups in total. The van der Waals surface area contributed by atoms with Gasteiger partial charge in [-0.1, -0.05) is 32.1 Å². The highest BCUT2D eigenvalue weighted by Crippen LogP contribution is 2.26. The summed E-state index contributed by atoms with van der Waals surface area (Å²) in [4.78, 5) is 23.8. The molecule has 0 unspecified atom stereocenters. The van der Waals surface area contributed by atoms with Crippen LogP contribution in [0.4, 0.5) is 5.82 Å². The molecule has 1 aliphatic heterocycles. The molecular weight excluding hydrogens is 340 g/mol. The van der Waals surface area contributed by atoms with Gasteiger partial charge in [-0.25, -0.2) is 14.6 Å². The maximum Gasteiger partial charge on any atom is 0.228 e. The predicted octanol–water partition coefficient (Wildman–Crippen LogP) is 3.22. The maximum atomic E-state index is 12.6. The van der Waals surface area contributed by atoms with Crippen LogP contribution in [0.15, 0.2) is 12.5 Å². The molecule has 2 aliphatic rings. The second-order valence-electron chi connectivity index (χ2n) is 7.91. The average Bonchev–Trinajstić information content (AvgIpc) is 2.94. The largest absolute Gasteiger partial charge is 0.310 e. The molecule has 146 valence electrons. The summed E-state index contributed by atoms with van der Waals surface area (Å²) in [5, 5.41) is 8.38. The van der Waals surface area contributed by atoms with E-state index in [2.05, 4.69) is 25.3 Å². The second kappa shape index (κ2) is 8.78. The van der Waals surface area contributed by atoms with Crippen molar-refractivity contribution in [1.29, 1.82) is 0 Å². The molecule has 2 aromatic rings. The zero-order chi connectivity index (χ0) is 18.5. The predicted molar refractivity (Wildman–Crippen MR) is 105 cm³/mol. The number of rotatable bonds is 5. The number of aromatic nitrogens is 4. The van der Waals surface area contributed by atoms with E-state index >= 15 is 0 Å². The van der Waals surface area contributed by atoms with Crippen molar-refractivity contribution in [2.45, 2.75) is 64.3 Å². The van der Waals surface area contributed by atoms with Gasteiger partial charge in [0.1, 0.15) is 12.1 Å². The quantitative estimate of drug-likeness (QED) is 0.874. The van der Waals surface area contributed by atoms with Gasteiger partial charge in [0.2, 0.25) is 5.91 Å². The van der Waals surface area contributed by atoms with Crippen molar-refractivity contribution in [1.82, 2.24) is 24.6 Å². The summed E-state index contributed by atoms with van der Waals surface area (Å²) in [6, 6.07) is 0. The highest BCUT2D eigenvalue weighted by molar-refractivity contribution is 5.99. The van der Waals surface area contributed by atoms with E-state index in [0.717, 1.165) is 49.8 Å². The molecule has 1 saturated carbocycles. The number of nitrogens with one attached hydrogen (secondary N) is 1. The van der Waals surface area contributed by atoms with E-state index in [9.17, 15) is 4.79 Å². The monoisotopic (exact) mass is 370 g/mol. The van der Waals surface area contributed by atoms with Gasteiger partial charge in [-0.15, -0.1) is 0 Å². The van der Waals surface area contributed by atoms with Gasteiger partial charge in [0.15, 0.2) is 5.65 Å². The molecule has 0 atom stereocenters. The minimum atomic E-state index is 0.0898. The lowest BCUT2D eigenvalue weighted by Gasteiger charge is -2.20. The average molecular weight is 371 g/mol. The molecule has 0 bridgehead atoms. The molecule has 4 rings (SSSR count). The van der Waals surface area contributed by atoms with Crippen LogP contribution in [-0.2, 0) is 11.3 Å². The van der Waals surface area contributed by atoms with Gasteiger partial charge in [0, 0.05) is 12.5 Å². The lowest BCUT2D eigenvalue weighted by Crippen LogP contribution is -2.28. The number of hydrogen-bond donors (Lipinski definition) is 1. The third-order valence-corrected chi connectivity index (χ3v) is 5.98. The van der Waals surface area contributed by atoms with Crippen molar-refractivity contribution in [3.63, 3.8) is 0 Å². The molecule has 27 heavy (non-hydrogen) atoms. The van der Waals surface area contributed by atoms with Crippen molar-refractivity contribution in [2.24, 2.45) is 5.92 Å². The SMILES string of the molecule is O=C(Nc1ncnc2c1cnn2CCN1CCCCCC1)C1CCCCC1. The number of anilines is 1. The van der Waals surface area contributed by atoms with Crippen LogP contribution in [0.2, 0.25) is 0 Å². The lowest BCUT2D eigenvalue weighted by atomic mass is 9.89. The minimum absolute atomic E-state index is 0.0898. The Labute approximate surface area is 160 Å². The summed E-state index contributed by atoms with van der Waals surface area (Å²) in [5.41, 5.74) is 0.804. The molecule has 0 radical (unpaired) electrons. The highest BCUT2D eigenvalue weighted by Gasteiger charge is 2.22. The molecule has 2 aromatic heterocycles. The van der Waals surface area contributed by atoms with Gasteiger partial charge in [-0.3, -0.25) is 4.79 Å². The molecule has 3 heterocycles. The van der Waals surface area contributed by atoms with Gasteiger partial charge < -0.3 is 10.2 Å². The first-order valence-electron chi connectivity index (χ1n) is 10.5. The van der Waals surface area contributed by atoms with E-state index in [-0.39, 0.29) is 11.8 Å². The third-order valence-electron chi connectivity index (χ3n) is 5.98. The Bertz CT molecular complexity index is 759. The van der Waals surface area contributed by atoms with Crippen molar-refractivity contribution >= 4 is 22.8 Å². The first kappa shape index (κ1) is 18.3. The maximum absolute atomic E-state index is 12.6. The van der Waals surface area contributed by atoms with E-state index in [1.807, 2.05) is 4.68 Å². The molecular formula is C20H30N6O. The van der Waals surface area contributed by atoms with Crippen molar-refractivity contribution in [3.05, 3.63) is 12.5 Å². The van der Waals surface area contributed by atoms with Crippen LogP contribution in [0, 0.1) is 5.92 Å². The number of carbonyl (C=O) groups is 1. The van der Waals surface area contributed by atoms with Gasteiger partial charge in [0.25, 0.3) is 0 Å². The summed E-state index contributed by atoms with van der Waals surface area (Å²) in [6.45, 7) is 4.16. The van der Waals surface area contributed by atoms with Crippen LogP contribution < -0.4 is 5.32 Å². The van der Waals surface area contributed by atoms with Crippen LogP contribution in [-0.4, -0.2) is 50.2 Å². The summed E-state index contributed by atoms with van der Waals surface area (Å²) >= 11 is 0. The van der Waals surface area contributed by atoms with Gasteiger partial charge in [-0.2, -0.15) is 5.10 Å². The second-order valence-corrected chi connectivity index (χ2v) is 7.91. The topological polar surface area (TPSA) is 75.9 Å². The fraction of sp³-hybridized carbons (Fsp3) is 0.700. The van der Waals surface area contributed by atoms with Crippen LogP contribution in [0.25, 0.3) is 11.0 Å². The molecule has 7 nitrogen and oxygen atoms in total. The van der Waals surface area contributed by atoms with Crippen LogP contribution in [0.3, 0.4) is 0 Å². The van der Waals surface area contributed by atoms with E-state index in [4.69, 9.17) is 0 Å². The fourth-order valence-corrected chi connectivity index (χ4v) is 4.34. The first-order valence-corrected chi connectivity index (χ1v) is 10.5. The van der Waals surface area contributed by atoms with Gasteiger partial charge in [-0.05, 0) is 38.8 Å². The van der Waals surface area contributed by atoms with Crippen LogP contribution in [0.1, 0.15) is 57.8 Å². The van der Waals surface area contributed by atoms with E-state index in [1.54, 1.807) is 6.20 Å². The summed E-state index contributed by atoms with van der Waals surface area (Å²) in [7, 11) is 0.